The second-order valence-corrected chi connectivity index (χ2v) is 8.22. The van der Waals surface area contributed by atoms with E-state index in [-0.39, 0.29) is 0 Å². The van der Waals surface area contributed by atoms with Gasteiger partial charge in [0.1, 0.15) is 5.38 Å². The summed E-state index contributed by atoms with van der Waals surface area (Å²) in [6, 6.07) is 10.9. The van der Waals surface area contributed by atoms with Crippen LogP contribution in [-0.2, 0) is 14.8 Å². The van der Waals surface area contributed by atoms with Crippen molar-refractivity contribution in [3.8, 4) is 0 Å². The molecule has 7 heteroatoms. The molecule has 0 aliphatic carbocycles. The van der Waals surface area contributed by atoms with Gasteiger partial charge in [-0.25, -0.2) is 8.42 Å². The number of carboxylic acid groups (broad SMARTS) is 1. The average Bonchev–Trinajstić information content (AvgIpc) is 2.77. The van der Waals surface area contributed by atoms with Crippen LogP contribution in [0.2, 0.25) is 0 Å². The molecule has 3 rings (SSSR count). The molecule has 1 heterocycles. The van der Waals surface area contributed by atoms with Crippen LogP contribution in [0.4, 0.5) is 5.69 Å². The molecule has 5 nitrogen and oxygen atoms in total. The Morgan fingerprint density at radius 1 is 1.12 bits per heavy atom. The third-order valence-electron chi connectivity index (χ3n) is 4.27. The van der Waals surface area contributed by atoms with Crippen LogP contribution < -0.4 is 4.31 Å². The molecule has 0 fully saturated rings. The van der Waals surface area contributed by atoms with Crippen LogP contribution in [0.15, 0.2) is 41.3 Å². The Morgan fingerprint density at radius 2 is 1.83 bits per heavy atom. The van der Waals surface area contributed by atoms with Gasteiger partial charge in [0.25, 0.3) is 10.0 Å². The van der Waals surface area contributed by atoms with E-state index < -0.39 is 21.4 Å². The maximum Gasteiger partial charge on any atom is 0.321 e. The van der Waals surface area contributed by atoms with Gasteiger partial charge in [-0.2, -0.15) is 0 Å². The summed E-state index contributed by atoms with van der Waals surface area (Å²) >= 11 is 5.68. The molecule has 0 saturated carbocycles. The third kappa shape index (κ3) is 2.96. The maximum atomic E-state index is 12.8. The monoisotopic (exact) mass is 367 g/mol. The predicted octanol–water partition coefficient (Wildman–Crippen LogP) is 3.60. The first kappa shape index (κ1) is 17.0. The van der Waals surface area contributed by atoms with Crippen LogP contribution in [0.25, 0.3) is 10.8 Å². The Hall–Kier alpha value is -1.79. The Labute approximate surface area is 145 Å². The number of aliphatic carboxylic acids is 1. The lowest BCUT2D eigenvalue weighted by Crippen LogP contribution is -2.28. The van der Waals surface area contributed by atoms with E-state index in [9.17, 15) is 13.2 Å². The molecule has 0 amide bonds. The molecule has 0 saturated heterocycles. The SMILES string of the molecule is O=C(O)C(Cl)CCCCCN1c2cccc3cccc(c23)S1(=O)=O. The molecule has 1 atom stereocenters. The highest BCUT2D eigenvalue weighted by Gasteiger charge is 2.34. The van der Waals surface area contributed by atoms with Crippen molar-refractivity contribution in [2.75, 3.05) is 10.8 Å². The number of hydrogen-bond acceptors (Lipinski definition) is 3. The zero-order chi connectivity index (χ0) is 17.3. The summed E-state index contributed by atoms with van der Waals surface area (Å²) in [6.45, 7) is 0.385. The van der Waals surface area contributed by atoms with Crippen molar-refractivity contribution in [1.82, 2.24) is 0 Å². The van der Waals surface area contributed by atoms with Crippen molar-refractivity contribution in [3.05, 3.63) is 36.4 Å². The molecule has 128 valence electrons. The molecular formula is C17H18ClNO4S. The highest BCUT2D eigenvalue weighted by Crippen LogP contribution is 2.41. The van der Waals surface area contributed by atoms with Crippen molar-refractivity contribution >= 4 is 44.1 Å². The fourth-order valence-corrected chi connectivity index (χ4v) is 4.98. The van der Waals surface area contributed by atoms with Crippen LogP contribution in [0.5, 0.6) is 0 Å². The third-order valence-corrected chi connectivity index (χ3v) is 6.53. The molecular weight excluding hydrogens is 350 g/mol. The lowest BCUT2D eigenvalue weighted by Gasteiger charge is -2.18. The Kier molecular flexibility index (Phi) is 4.69. The number of carboxylic acids is 1. The molecule has 2 aromatic carbocycles. The van der Waals surface area contributed by atoms with Gasteiger partial charge < -0.3 is 5.11 Å². The van der Waals surface area contributed by atoms with Gasteiger partial charge in [-0.1, -0.05) is 37.1 Å². The molecule has 0 bridgehead atoms. The normalized spacial score (nSPS) is 16.5. The van der Waals surface area contributed by atoms with E-state index >= 15 is 0 Å². The van der Waals surface area contributed by atoms with Gasteiger partial charge in [0.15, 0.2) is 0 Å². The van der Waals surface area contributed by atoms with Crippen molar-refractivity contribution < 1.29 is 18.3 Å². The number of carbonyl (C=O) groups is 1. The Balaban J connectivity index is 1.70. The zero-order valence-electron chi connectivity index (χ0n) is 13.0. The standard InChI is InChI=1S/C17H18ClNO4S/c18-13(17(20)21)8-2-1-3-11-19-14-9-4-6-12-7-5-10-15(16(12)14)24(19,22)23/h4-7,9-10,13H,1-3,8,11H2,(H,20,21). The fourth-order valence-electron chi connectivity index (χ4n) is 3.08. The minimum Gasteiger partial charge on any atom is -0.480 e. The molecule has 0 spiro atoms. The second-order valence-electron chi connectivity index (χ2n) is 5.86. The topological polar surface area (TPSA) is 74.7 Å². The fraction of sp³-hybridized carbons (Fsp3) is 0.353. The minimum atomic E-state index is -3.50. The van der Waals surface area contributed by atoms with E-state index in [1.54, 1.807) is 12.1 Å². The summed E-state index contributed by atoms with van der Waals surface area (Å²) in [4.78, 5) is 11.0. The largest absolute Gasteiger partial charge is 0.480 e. The Morgan fingerprint density at radius 3 is 2.54 bits per heavy atom. The van der Waals surface area contributed by atoms with Crippen LogP contribution in [-0.4, -0.2) is 31.4 Å². The van der Waals surface area contributed by atoms with Gasteiger partial charge >= 0.3 is 5.97 Å². The van der Waals surface area contributed by atoms with Gasteiger partial charge in [0.05, 0.1) is 10.6 Å². The highest BCUT2D eigenvalue weighted by atomic mass is 35.5. The number of benzene rings is 2. The minimum absolute atomic E-state index is 0.363. The number of anilines is 1. The van der Waals surface area contributed by atoms with Crippen LogP contribution in [0.1, 0.15) is 25.7 Å². The average molecular weight is 368 g/mol. The highest BCUT2D eigenvalue weighted by molar-refractivity contribution is 7.93. The van der Waals surface area contributed by atoms with E-state index in [4.69, 9.17) is 16.7 Å². The number of halogens is 1. The van der Waals surface area contributed by atoms with E-state index in [0.717, 1.165) is 22.9 Å². The summed E-state index contributed by atoms with van der Waals surface area (Å²) < 4.78 is 27.0. The van der Waals surface area contributed by atoms with Crippen molar-refractivity contribution in [2.24, 2.45) is 0 Å². The van der Waals surface area contributed by atoms with E-state index in [2.05, 4.69) is 0 Å². The van der Waals surface area contributed by atoms with Crippen LogP contribution in [0.3, 0.4) is 0 Å². The first-order chi connectivity index (χ1) is 11.4. The van der Waals surface area contributed by atoms with Gasteiger partial charge in [-0.05, 0) is 30.4 Å². The summed E-state index contributed by atoms with van der Waals surface area (Å²) in [5.74, 6) is -1.01. The van der Waals surface area contributed by atoms with Crippen molar-refractivity contribution in [3.63, 3.8) is 0 Å². The smallest absolute Gasteiger partial charge is 0.321 e. The first-order valence-corrected chi connectivity index (χ1v) is 9.72. The van der Waals surface area contributed by atoms with Gasteiger partial charge in [-0.15, -0.1) is 11.6 Å². The molecule has 1 aliphatic rings. The van der Waals surface area contributed by atoms with Crippen molar-refractivity contribution in [2.45, 2.75) is 36.0 Å². The summed E-state index contributed by atoms with van der Waals surface area (Å²) in [5, 5.41) is 9.57. The number of rotatable bonds is 7. The van der Waals surface area contributed by atoms with Gasteiger partial charge in [-0.3, -0.25) is 9.10 Å². The lowest BCUT2D eigenvalue weighted by molar-refractivity contribution is -0.136. The number of alkyl halides is 1. The quantitative estimate of drug-likeness (QED) is 0.599. The van der Waals surface area contributed by atoms with E-state index in [1.807, 2.05) is 24.3 Å². The number of hydrogen-bond donors (Lipinski definition) is 1. The first-order valence-electron chi connectivity index (χ1n) is 7.84. The van der Waals surface area contributed by atoms with Gasteiger partial charge in [0.2, 0.25) is 0 Å². The number of nitrogens with zero attached hydrogens (tertiary/aromatic N) is 1. The Bertz CT molecular complexity index is 876. The molecule has 0 radical (unpaired) electrons. The second kappa shape index (κ2) is 6.61. The van der Waals surface area contributed by atoms with E-state index in [0.29, 0.717) is 30.7 Å². The molecule has 0 aromatic heterocycles. The van der Waals surface area contributed by atoms with Gasteiger partial charge in [0, 0.05) is 11.9 Å². The van der Waals surface area contributed by atoms with Crippen molar-refractivity contribution in [1.29, 1.82) is 0 Å². The summed E-state index contributed by atoms with van der Waals surface area (Å²) in [6.07, 6.45) is 2.44. The predicted molar refractivity (Wildman–Crippen MR) is 94.2 cm³/mol. The molecule has 1 unspecified atom stereocenters. The summed E-state index contributed by atoms with van der Waals surface area (Å²) in [7, 11) is -3.50. The zero-order valence-corrected chi connectivity index (χ0v) is 14.6. The molecule has 1 N–H and O–H groups in total. The van der Waals surface area contributed by atoms with Crippen LogP contribution >= 0.6 is 11.6 Å². The molecule has 2 aromatic rings. The molecule has 1 aliphatic heterocycles. The summed E-state index contributed by atoms with van der Waals surface area (Å²) in [5.41, 5.74) is 0.726. The molecule has 24 heavy (non-hydrogen) atoms. The number of sulfonamides is 1. The van der Waals surface area contributed by atoms with E-state index in [1.165, 1.54) is 4.31 Å². The van der Waals surface area contributed by atoms with Crippen LogP contribution in [0, 0.1) is 0 Å². The number of unbranched alkanes of at least 4 members (excludes halogenated alkanes) is 2. The maximum absolute atomic E-state index is 12.8. The lowest BCUT2D eigenvalue weighted by atomic mass is 10.1.